The molecule has 0 amide bonds. The van der Waals surface area contributed by atoms with Crippen LogP contribution in [0.4, 0.5) is 0 Å². The zero-order chi connectivity index (χ0) is 23.6. The summed E-state index contributed by atoms with van der Waals surface area (Å²) in [6, 6.07) is 37.2. The molecule has 6 aromatic carbocycles. The molecule has 2 aromatic heterocycles. The van der Waals surface area contributed by atoms with E-state index in [-0.39, 0.29) is 0 Å². The Morgan fingerprint density at radius 1 is 0.389 bits per heavy atom. The van der Waals surface area contributed by atoms with Crippen molar-refractivity contribution in [3.05, 3.63) is 109 Å². The van der Waals surface area contributed by atoms with Gasteiger partial charge in [0.2, 0.25) is 11.8 Å². The van der Waals surface area contributed by atoms with E-state index >= 15 is 0 Å². The smallest absolute Gasteiger partial charge is 0.227 e. The summed E-state index contributed by atoms with van der Waals surface area (Å²) in [5, 5.41) is 7.10. The van der Waals surface area contributed by atoms with E-state index in [4.69, 9.17) is 18.8 Å². The predicted molar refractivity (Wildman–Crippen MR) is 145 cm³/mol. The van der Waals surface area contributed by atoms with Crippen LogP contribution in [-0.2, 0) is 0 Å². The lowest BCUT2D eigenvalue weighted by atomic mass is 9.92. The Hall–Kier alpha value is -4.96. The van der Waals surface area contributed by atoms with Gasteiger partial charge >= 0.3 is 0 Å². The average molecular weight is 463 g/mol. The van der Waals surface area contributed by atoms with Gasteiger partial charge in [-0.05, 0) is 80.8 Å². The summed E-state index contributed by atoms with van der Waals surface area (Å²) in [6.07, 6.45) is 0. The molecule has 0 saturated carbocycles. The van der Waals surface area contributed by atoms with Gasteiger partial charge in [0.15, 0.2) is 11.2 Å². The number of fused-ring (bicyclic) bond motifs is 8. The van der Waals surface area contributed by atoms with Crippen LogP contribution in [0.25, 0.3) is 77.4 Å². The lowest BCUT2D eigenvalue weighted by molar-refractivity contribution is 0.619. The van der Waals surface area contributed by atoms with Gasteiger partial charge in [0.1, 0.15) is 11.0 Å². The van der Waals surface area contributed by atoms with Crippen molar-refractivity contribution >= 4 is 54.5 Å². The molecule has 0 aliphatic rings. The highest BCUT2D eigenvalue weighted by Crippen LogP contribution is 2.39. The van der Waals surface area contributed by atoms with Gasteiger partial charge in [0.05, 0.1) is 0 Å². The van der Waals surface area contributed by atoms with Gasteiger partial charge in [-0.1, -0.05) is 60.7 Å². The first-order chi connectivity index (χ1) is 17.8. The van der Waals surface area contributed by atoms with Crippen molar-refractivity contribution in [3.8, 4) is 22.9 Å². The maximum atomic E-state index is 6.06. The SMILES string of the molecule is c1ccc2oc(-c3ccc4c5ccc(-c6nc7ccccc7o6)cc5c5ccccc5c4c3)nc2c1. The summed E-state index contributed by atoms with van der Waals surface area (Å²) < 4.78 is 12.1. The molecule has 0 unspecified atom stereocenters. The number of aromatic nitrogens is 2. The quantitative estimate of drug-likeness (QED) is 0.241. The monoisotopic (exact) mass is 462 g/mol. The molecular weight excluding hydrogens is 444 g/mol. The van der Waals surface area contributed by atoms with Crippen molar-refractivity contribution in [1.82, 2.24) is 9.97 Å². The van der Waals surface area contributed by atoms with E-state index in [1.807, 2.05) is 48.5 Å². The van der Waals surface area contributed by atoms with Crippen LogP contribution in [0, 0.1) is 0 Å². The second-order valence-electron chi connectivity index (χ2n) is 9.04. The summed E-state index contributed by atoms with van der Waals surface area (Å²) in [5.41, 5.74) is 5.24. The largest absolute Gasteiger partial charge is 0.436 e. The zero-order valence-electron chi connectivity index (χ0n) is 19.1. The minimum atomic E-state index is 0.633. The third kappa shape index (κ3) is 2.82. The minimum absolute atomic E-state index is 0.633. The van der Waals surface area contributed by atoms with Gasteiger partial charge in [0, 0.05) is 11.1 Å². The van der Waals surface area contributed by atoms with E-state index in [1.165, 1.54) is 32.3 Å². The maximum Gasteiger partial charge on any atom is 0.227 e. The van der Waals surface area contributed by atoms with Crippen LogP contribution in [0.3, 0.4) is 0 Å². The molecule has 4 nitrogen and oxygen atoms in total. The molecule has 36 heavy (non-hydrogen) atoms. The number of rotatable bonds is 2. The molecule has 8 aromatic rings. The summed E-state index contributed by atoms with van der Waals surface area (Å²) in [6.45, 7) is 0. The van der Waals surface area contributed by atoms with Crippen LogP contribution >= 0.6 is 0 Å². The number of hydrogen-bond acceptors (Lipinski definition) is 4. The van der Waals surface area contributed by atoms with Gasteiger partial charge in [-0.25, -0.2) is 9.97 Å². The lowest BCUT2D eigenvalue weighted by Crippen LogP contribution is -1.86. The van der Waals surface area contributed by atoms with Crippen LogP contribution < -0.4 is 0 Å². The topological polar surface area (TPSA) is 52.1 Å². The highest BCUT2D eigenvalue weighted by Gasteiger charge is 2.15. The number of para-hydroxylation sites is 4. The summed E-state index contributed by atoms with van der Waals surface area (Å²) >= 11 is 0. The number of hydrogen-bond donors (Lipinski definition) is 0. The summed E-state index contributed by atoms with van der Waals surface area (Å²) in [4.78, 5) is 9.42. The molecular formula is C32H18N2O2. The molecule has 0 radical (unpaired) electrons. The van der Waals surface area contributed by atoms with E-state index in [1.54, 1.807) is 0 Å². The number of oxazole rings is 2. The maximum absolute atomic E-state index is 6.06. The van der Waals surface area contributed by atoms with Crippen molar-refractivity contribution in [2.45, 2.75) is 0 Å². The van der Waals surface area contributed by atoms with Crippen LogP contribution in [-0.4, -0.2) is 9.97 Å². The fourth-order valence-corrected chi connectivity index (χ4v) is 5.21. The molecule has 0 aliphatic heterocycles. The fourth-order valence-electron chi connectivity index (χ4n) is 5.21. The Morgan fingerprint density at radius 3 is 1.28 bits per heavy atom. The first kappa shape index (κ1) is 19.4. The summed E-state index contributed by atoms with van der Waals surface area (Å²) in [5.74, 6) is 1.27. The van der Waals surface area contributed by atoms with Crippen molar-refractivity contribution < 1.29 is 8.83 Å². The lowest BCUT2D eigenvalue weighted by Gasteiger charge is -2.12. The van der Waals surface area contributed by atoms with Crippen LogP contribution in [0.2, 0.25) is 0 Å². The molecule has 0 atom stereocenters. The predicted octanol–water partition coefficient (Wildman–Crippen LogP) is 8.76. The molecule has 0 bridgehead atoms. The standard InChI is InChI=1S/C32H18N2O2/c1-2-8-22-21(7-1)25-17-19(31-33-27-9-3-5-11-29(27)35-31)13-15-23(25)24-16-14-20(18-26(22)24)32-34-28-10-4-6-12-30(28)36-32/h1-18H. The molecule has 0 N–H and O–H groups in total. The van der Waals surface area contributed by atoms with Crippen LogP contribution in [0.5, 0.6) is 0 Å². The van der Waals surface area contributed by atoms with Gasteiger partial charge in [0.25, 0.3) is 0 Å². The molecule has 0 aliphatic carbocycles. The van der Waals surface area contributed by atoms with Crippen LogP contribution in [0.1, 0.15) is 0 Å². The Labute approximate surface area is 205 Å². The molecule has 2 heterocycles. The van der Waals surface area contributed by atoms with E-state index < -0.39 is 0 Å². The Balaban J connectivity index is 1.38. The van der Waals surface area contributed by atoms with Crippen molar-refractivity contribution in [1.29, 1.82) is 0 Å². The minimum Gasteiger partial charge on any atom is -0.436 e. The molecule has 168 valence electrons. The molecule has 0 saturated heterocycles. The Kier molecular flexibility index (Phi) is 3.91. The van der Waals surface area contributed by atoms with Gasteiger partial charge in [-0.3, -0.25) is 0 Å². The molecule has 8 rings (SSSR count). The molecule has 0 spiro atoms. The third-order valence-corrected chi connectivity index (χ3v) is 6.92. The highest BCUT2D eigenvalue weighted by atomic mass is 16.4. The second kappa shape index (κ2) is 7.27. The number of benzene rings is 6. The van der Waals surface area contributed by atoms with Crippen molar-refractivity contribution in [3.63, 3.8) is 0 Å². The molecule has 0 fully saturated rings. The normalized spacial score (nSPS) is 11.9. The zero-order valence-corrected chi connectivity index (χ0v) is 19.1. The number of nitrogens with zero attached hydrogens (tertiary/aromatic N) is 2. The van der Waals surface area contributed by atoms with Crippen molar-refractivity contribution in [2.24, 2.45) is 0 Å². The van der Waals surface area contributed by atoms with E-state index in [9.17, 15) is 0 Å². The highest BCUT2D eigenvalue weighted by molar-refractivity contribution is 6.26. The van der Waals surface area contributed by atoms with E-state index in [0.717, 1.165) is 33.3 Å². The van der Waals surface area contributed by atoms with Gasteiger partial charge < -0.3 is 8.83 Å². The van der Waals surface area contributed by atoms with Gasteiger partial charge in [-0.15, -0.1) is 0 Å². The third-order valence-electron chi connectivity index (χ3n) is 6.92. The summed E-state index contributed by atoms with van der Waals surface area (Å²) in [7, 11) is 0. The second-order valence-corrected chi connectivity index (χ2v) is 9.04. The average Bonchev–Trinajstić information content (AvgIpc) is 3.57. The first-order valence-electron chi connectivity index (χ1n) is 11.9. The van der Waals surface area contributed by atoms with Crippen molar-refractivity contribution in [2.75, 3.05) is 0 Å². The molecule has 4 heteroatoms. The van der Waals surface area contributed by atoms with E-state index in [2.05, 4.69) is 60.7 Å². The van der Waals surface area contributed by atoms with E-state index in [0.29, 0.717) is 11.8 Å². The van der Waals surface area contributed by atoms with Crippen LogP contribution in [0.15, 0.2) is 118 Å². The first-order valence-corrected chi connectivity index (χ1v) is 11.9. The van der Waals surface area contributed by atoms with Gasteiger partial charge in [-0.2, -0.15) is 0 Å². The Bertz CT molecular complexity index is 1880. The Morgan fingerprint density at radius 2 is 0.806 bits per heavy atom. The fraction of sp³-hybridized carbons (Fsp3) is 0.